The number of ketones is 1. The van der Waals surface area contributed by atoms with Crippen LogP contribution in [0.1, 0.15) is 27.2 Å². The van der Waals surface area contributed by atoms with E-state index in [-0.39, 0.29) is 12.4 Å². The number of carboxylic acid groups (broad SMARTS) is 1. The fourth-order valence-corrected chi connectivity index (χ4v) is 3.11. The predicted octanol–water partition coefficient (Wildman–Crippen LogP) is 3.74. The zero-order chi connectivity index (χ0) is 20.8. The van der Waals surface area contributed by atoms with Gasteiger partial charge in [-0.2, -0.15) is 0 Å². The third-order valence-electron chi connectivity index (χ3n) is 4.52. The van der Waals surface area contributed by atoms with Crippen molar-refractivity contribution < 1.29 is 24.2 Å². The summed E-state index contributed by atoms with van der Waals surface area (Å²) in [4.78, 5) is 23.6. The van der Waals surface area contributed by atoms with Crippen LogP contribution < -0.4 is 9.47 Å². The van der Waals surface area contributed by atoms with E-state index in [1.54, 1.807) is 37.4 Å². The van der Waals surface area contributed by atoms with Gasteiger partial charge in [0.25, 0.3) is 0 Å². The molecule has 0 spiro atoms. The molecule has 3 aromatic rings. The van der Waals surface area contributed by atoms with Gasteiger partial charge in [-0.25, -0.2) is 4.79 Å². The number of benzene rings is 2. The number of aromatic nitrogens is 1. The lowest BCUT2D eigenvalue weighted by Gasteiger charge is -2.10. The van der Waals surface area contributed by atoms with E-state index in [4.69, 9.17) is 14.6 Å². The summed E-state index contributed by atoms with van der Waals surface area (Å²) in [6.07, 6.45) is 2.64. The minimum atomic E-state index is -1.01. The fourth-order valence-electron chi connectivity index (χ4n) is 3.11. The Balaban J connectivity index is 1.73. The number of aliphatic carboxylic acids is 1. The van der Waals surface area contributed by atoms with Gasteiger partial charge in [-0.3, -0.25) is 4.79 Å². The van der Waals surface area contributed by atoms with Crippen LogP contribution in [0.4, 0.5) is 0 Å². The molecule has 1 aromatic heterocycles. The van der Waals surface area contributed by atoms with Crippen molar-refractivity contribution in [2.24, 2.45) is 0 Å². The first kappa shape index (κ1) is 20.2. The first-order valence-electron chi connectivity index (χ1n) is 9.25. The van der Waals surface area contributed by atoms with Crippen LogP contribution in [0, 0.1) is 6.92 Å². The van der Waals surface area contributed by atoms with Gasteiger partial charge in [-0.05, 0) is 66.9 Å². The fraction of sp³-hybridized carbons (Fsp3) is 0.217. The number of carboxylic acids is 1. The molecule has 0 amide bonds. The Labute approximate surface area is 169 Å². The number of carbonyl (C=O) groups is 2. The SMILES string of the molecule is COc1ccc(C(=O)c2cc(C)cn2CCc2cccc(OCC(=O)O)c2)cc1. The van der Waals surface area contributed by atoms with Crippen molar-refractivity contribution in [2.45, 2.75) is 19.9 Å². The maximum Gasteiger partial charge on any atom is 0.341 e. The van der Waals surface area contributed by atoms with Crippen LogP contribution in [-0.4, -0.2) is 35.1 Å². The third-order valence-corrected chi connectivity index (χ3v) is 4.52. The molecule has 29 heavy (non-hydrogen) atoms. The van der Waals surface area contributed by atoms with Crippen LogP contribution in [0.15, 0.2) is 60.8 Å². The van der Waals surface area contributed by atoms with Crippen LogP contribution in [0.5, 0.6) is 11.5 Å². The minimum Gasteiger partial charge on any atom is -0.497 e. The van der Waals surface area contributed by atoms with E-state index >= 15 is 0 Å². The van der Waals surface area contributed by atoms with Gasteiger partial charge >= 0.3 is 5.97 Å². The Morgan fingerprint density at radius 1 is 1.03 bits per heavy atom. The van der Waals surface area contributed by atoms with E-state index < -0.39 is 5.97 Å². The van der Waals surface area contributed by atoms with Crippen LogP contribution in [0.3, 0.4) is 0 Å². The lowest BCUT2D eigenvalue weighted by Crippen LogP contribution is -2.11. The van der Waals surface area contributed by atoms with E-state index in [0.717, 1.165) is 11.1 Å². The molecule has 0 saturated carbocycles. The molecule has 0 atom stereocenters. The van der Waals surface area contributed by atoms with Crippen molar-refractivity contribution in [3.8, 4) is 11.5 Å². The zero-order valence-corrected chi connectivity index (χ0v) is 16.4. The molecule has 0 radical (unpaired) electrons. The summed E-state index contributed by atoms with van der Waals surface area (Å²) in [6, 6.07) is 16.3. The Hall–Kier alpha value is -3.54. The number of hydrogen-bond acceptors (Lipinski definition) is 4. The summed E-state index contributed by atoms with van der Waals surface area (Å²) >= 11 is 0. The monoisotopic (exact) mass is 393 g/mol. The number of ether oxygens (including phenoxy) is 2. The molecular weight excluding hydrogens is 370 g/mol. The maximum absolute atomic E-state index is 13.0. The molecule has 3 rings (SSSR count). The van der Waals surface area contributed by atoms with Gasteiger partial charge in [0.15, 0.2) is 6.61 Å². The molecule has 0 aliphatic carbocycles. The highest BCUT2D eigenvalue weighted by Gasteiger charge is 2.15. The van der Waals surface area contributed by atoms with Gasteiger partial charge in [0, 0.05) is 18.3 Å². The van der Waals surface area contributed by atoms with E-state index in [1.165, 1.54) is 0 Å². The van der Waals surface area contributed by atoms with E-state index in [0.29, 0.717) is 35.7 Å². The number of rotatable bonds is 9. The molecule has 2 aromatic carbocycles. The molecular formula is C23H23NO5. The second-order valence-corrected chi connectivity index (χ2v) is 6.73. The number of carbonyl (C=O) groups excluding carboxylic acids is 1. The molecule has 150 valence electrons. The Bertz CT molecular complexity index is 1000. The quantitative estimate of drug-likeness (QED) is 0.561. The lowest BCUT2D eigenvalue weighted by atomic mass is 10.1. The summed E-state index contributed by atoms with van der Waals surface area (Å²) in [5, 5.41) is 8.74. The van der Waals surface area contributed by atoms with Gasteiger partial charge in [0.05, 0.1) is 12.8 Å². The van der Waals surface area contributed by atoms with Crippen LogP contribution >= 0.6 is 0 Å². The molecule has 6 nitrogen and oxygen atoms in total. The van der Waals surface area contributed by atoms with Gasteiger partial charge in [0.1, 0.15) is 11.5 Å². The van der Waals surface area contributed by atoms with Gasteiger partial charge < -0.3 is 19.1 Å². The average Bonchev–Trinajstić information content (AvgIpc) is 3.11. The van der Waals surface area contributed by atoms with Crippen LogP contribution in [-0.2, 0) is 17.8 Å². The van der Waals surface area contributed by atoms with Gasteiger partial charge in [-0.15, -0.1) is 0 Å². The summed E-state index contributed by atoms with van der Waals surface area (Å²) in [5.41, 5.74) is 3.25. The summed E-state index contributed by atoms with van der Waals surface area (Å²) in [6.45, 7) is 2.20. The highest BCUT2D eigenvalue weighted by Crippen LogP contribution is 2.19. The third kappa shape index (κ3) is 5.25. The summed E-state index contributed by atoms with van der Waals surface area (Å²) in [5.74, 6) is 0.167. The second-order valence-electron chi connectivity index (χ2n) is 6.73. The van der Waals surface area contributed by atoms with E-state index in [1.807, 2.05) is 42.0 Å². The Morgan fingerprint density at radius 3 is 2.48 bits per heavy atom. The number of methoxy groups -OCH3 is 1. The van der Waals surface area contributed by atoms with E-state index in [2.05, 4.69) is 0 Å². The average molecular weight is 393 g/mol. The number of aryl methyl sites for hydroxylation is 3. The molecule has 0 fully saturated rings. The Kier molecular flexibility index (Phi) is 6.34. The zero-order valence-electron chi connectivity index (χ0n) is 16.4. The highest BCUT2D eigenvalue weighted by molar-refractivity contribution is 6.08. The molecule has 6 heteroatoms. The van der Waals surface area contributed by atoms with Crippen molar-refractivity contribution in [2.75, 3.05) is 13.7 Å². The maximum atomic E-state index is 13.0. The van der Waals surface area contributed by atoms with Crippen molar-refractivity contribution in [3.05, 3.63) is 83.2 Å². The van der Waals surface area contributed by atoms with Crippen molar-refractivity contribution in [1.29, 1.82) is 0 Å². The minimum absolute atomic E-state index is 0.0423. The Morgan fingerprint density at radius 2 is 1.79 bits per heavy atom. The van der Waals surface area contributed by atoms with Gasteiger partial charge in [0.2, 0.25) is 5.78 Å². The van der Waals surface area contributed by atoms with Crippen LogP contribution in [0.25, 0.3) is 0 Å². The van der Waals surface area contributed by atoms with Gasteiger partial charge in [-0.1, -0.05) is 12.1 Å². The molecule has 0 bridgehead atoms. The topological polar surface area (TPSA) is 77.8 Å². The summed E-state index contributed by atoms with van der Waals surface area (Å²) < 4.78 is 12.3. The molecule has 1 heterocycles. The predicted molar refractivity (Wildman–Crippen MR) is 109 cm³/mol. The van der Waals surface area contributed by atoms with Crippen molar-refractivity contribution in [3.63, 3.8) is 0 Å². The molecule has 0 unspecified atom stereocenters. The van der Waals surface area contributed by atoms with Crippen LogP contribution in [0.2, 0.25) is 0 Å². The van der Waals surface area contributed by atoms with E-state index in [9.17, 15) is 9.59 Å². The first-order valence-corrected chi connectivity index (χ1v) is 9.25. The first-order chi connectivity index (χ1) is 14.0. The lowest BCUT2D eigenvalue weighted by molar-refractivity contribution is -0.139. The molecule has 0 aliphatic heterocycles. The highest BCUT2D eigenvalue weighted by atomic mass is 16.5. The number of nitrogens with zero attached hydrogens (tertiary/aromatic N) is 1. The standard InChI is InChI=1S/C23H23NO5/c1-16-12-21(23(27)18-6-8-19(28-2)9-7-18)24(14-16)11-10-17-4-3-5-20(13-17)29-15-22(25)26/h3-9,12-14H,10-11,15H2,1-2H3,(H,25,26). The molecule has 0 saturated heterocycles. The largest absolute Gasteiger partial charge is 0.497 e. The second kappa shape index (κ2) is 9.10. The number of hydrogen-bond donors (Lipinski definition) is 1. The van der Waals surface area contributed by atoms with Crippen molar-refractivity contribution >= 4 is 11.8 Å². The normalized spacial score (nSPS) is 10.6. The molecule has 0 aliphatic rings. The molecule has 1 N–H and O–H groups in total. The smallest absolute Gasteiger partial charge is 0.341 e. The van der Waals surface area contributed by atoms with Crippen molar-refractivity contribution in [1.82, 2.24) is 4.57 Å². The summed E-state index contributed by atoms with van der Waals surface area (Å²) in [7, 11) is 1.59.